The number of thioether (sulfide) groups is 1. The van der Waals surface area contributed by atoms with E-state index >= 15 is 0 Å². The van der Waals surface area contributed by atoms with Crippen molar-refractivity contribution in [1.29, 1.82) is 0 Å². The molecule has 0 spiro atoms. The summed E-state index contributed by atoms with van der Waals surface area (Å²) in [6.45, 7) is 3.94. The number of alkyl halides is 1. The Bertz CT molecular complexity index is 482. The molecule has 0 N–H and O–H groups in total. The van der Waals surface area contributed by atoms with E-state index in [-0.39, 0.29) is 5.38 Å². The largest absolute Gasteiger partial charge is 0.337 e. The number of hydrogen-bond donors (Lipinski definition) is 0. The minimum absolute atomic E-state index is 0.258. The Kier molecular flexibility index (Phi) is 4.07. The van der Waals surface area contributed by atoms with Gasteiger partial charge in [-0.25, -0.2) is 0 Å². The molecule has 1 aromatic carbocycles. The van der Waals surface area contributed by atoms with Gasteiger partial charge in [0.1, 0.15) is 5.38 Å². The van der Waals surface area contributed by atoms with Gasteiger partial charge in [-0.15, -0.1) is 23.4 Å². The first-order chi connectivity index (χ1) is 8.20. The average Bonchev–Trinajstić information content (AvgIpc) is 2.80. The third-order valence-electron chi connectivity index (χ3n) is 2.21. The molecule has 1 heterocycles. The fourth-order valence-corrected chi connectivity index (χ4v) is 2.13. The van der Waals surface area contributed by atoms with Crippen LogP contribution in [0.2, 0.25) is 0 Å². The Morgan fingerprint density at radius 1 is 1.35 bits per heavy atom. The molecule has 2 aromatic rings. The third-order valence-corrected chi connectivity index (χ3v) is 3.29. The lowest BCUT2D eigenvalue weighted by atomic mass is 10.2. The zero-order chi connectivity index (χ0) is 12.3. The first kappa shape index (κ1) is 12.5. The summed E-state index contributed by atoms with van der Waals surface area (Å²) in [5.41, 5.74) is 0.942. The molecule has 0 bridgehead atoms. The molecule has 0 saturated heterocycles. The van der Waals surface area contributed by atoms with Crippen LogP contribution in [0, 0.1) is 0 Å². The number of nitrogens with zero attached hydrogens (tertiary/aromatic N) is 2. The van der Waals surface area contributed by atoms with Crippen molar-refractivity contribution in [2.45, 2.75) is 24.1 Å². The van der Waals surface area contributed by atoms with Gasteiger partial charge in [0.05, 0.1) is 0 Å². The van der Waals surface area contributed by atoms with E-state index in [4.69, 9.17) is 16.1 Å². The van der Waals surface area contributed by atoms with Crippen molar-refractivity contribution in [3.63, 3.8) is 0 Å². The lowest BCUT2D eigenvalue weighted by Gasteiger charge is -1.98. The van der Waals surface area contributed by atoms with Gasteiger partial charge in [0.25, 0.3) is 0 Å². The van der Waals surface area contributed by atoms with Crippen LogP contribution in [0.25, 0.3) is 11.4 Å². The van der Waals surface area contributed by atoms with Gasteiger partial charge in [-0.3, -0.25) is 0 Å². The van der Waals surface area contributed by atoms with Crippen LogP contribution in [0.15, 0.2) is 33.7 Å². The number of halogens is 1. The second kappa shape index (κ2) is 5.56. The summed E-state index contributed by atoms with van der Waals surface area (Å²) in [7, 11) is 0. The molecule has 1 atom stereocenters. The Labute approximate surface area is 110 Å². The van der Waals surface area contributed by atoms with Gasteiger partial charge in [0, 0.05) is 10.5 Å². The predicted octanol–water partition coefficient (Wildman–Crippen LogP) is 4.15. The normalized spacial score (nSPS) is 12.6. The van der Waals surface area contributed by atoms with Crippen molar-refractivity contribution in [2.24, 2.45) is 0 Å². The molecule has 0 aliphatic rings. The van der Waals surface area contributed by atoms with Gasteiger partial charge in [-0.05, 0) is 36.9 Å². The van der Waals surface area contributed by atoms with Gasteiger partial charge in [-0.1, -0.05) is 12.1 Å². The molecule has 0 aliphatic heterocycles. The number of rotatable bonds is 4. The highest BCUT2D eigenvalue weighted by Gasteiger charge is 2.12. The van der Waals surface area contributed by atoms with Gasteiger partial charge in [-0.2, -0.15) is 4.98 Å². The Morgan fingerprint density at radius 3 is 2.59 bits per heavy atom. The molecule has 2 rings (SSSR count). The lowest BCUT2D eigenvalue weighted by Crippen LogP contribution is -1.84. The van der Waals surface area contributed by atoms with Crippen LogP contribution in [-0.2, 0) is 0 Å². The number of hydrogen-bond acceptors (Lipinski definition) is 4. The Balaban J connectivity index is 2.21. The van der Waals surface area contributed by atoms with Crippen molar-refractivity contribution in [3.8, 4) is 11.4 Å². The number of aromatic nitrogens is 2. The van der Waals surface area contributed by atoms with Gasteiger partial charge in [0.2, 0.25) is 11.7 Å². The average molecular weight is 269 g/mol. The zero-order valence-corrected chi connectivity index (χ0v) is 11.3. The van der Waals surface area contributed by atoms with E-state index in [9.17, 15) is 0 Å². The van der Waals surface area contributed by atoms with E-state index in [0.29, 0.717) is 11.7 Å². The minimum atomic E-state index is -0.258. The van der Waals surface area contributed by atoms with Gasteiger partial charge >= 0.3 is 0 Å². The van der Waals surface area contributed by atoms with Crippen molar-refractivity contribution in [1.82, 2.24) is 10.1 Å². The fraction of sp³-hybridized carbons (Fsp3) is 0.333. The second-order valence-corrected chi connectivity index (χ2v) is 5.52. The summed E-state index contributed by atoms with van der Waals surface area (Å²) in [6.07, 6.45) is 0. The van der Waals surface area contributed by atoms with E-state index in [1.54, 1.807) is 18.7 Å². The molecule has 3 nitrogen and oxygen atoms in total. The first-order valence-corrected chi connectivity index (χ1v) is 6.84. The van der Waals surface area contributed by atoms with Crippen LogP contribution >= 0.6 is 23.4 Å². The maximum atomic E-state index is 5.87. The van der Waals surface area contributed by atoms with E-state index in [1.807, 2.05) is 12.1 Å². The molecule has 5 heteroatoms. The topological polar surface area (TPSA) is 38.9 Å². The van der Waals surface area contributed by atoms with Crippen molar-refractivity contribution >= 4 is 23.4 Å². The van der Waals surface area contributed by atoms with Crippen LogP contribution in [0.3, 0.4) is 0 Å². The van der Waals surface area contributed by atoms with Crippen molar-refractivity contribution in [3.05, 3.63) is 30.2 Å². The molecule has 0 fully saturated rings. The molecule has 1 unspecified atom stereocenters. The molecular weight excluding hydrogens is 256 g/mol. The van der Waals surface area contributed by atoms with E-state index in [0.717, 1.165) is 11.3 Å². The van der Waals surface area contributed by atoms with Crippen molar-refractivity contribution in [2.75, 3.05) is 5.75 Å². The maximum absolute atomic E-state index is 5.87. The summed E-state index contributed by atoms with van der Waals surface area (Å²) in [5.74, 6) is 2.10. The van der Waals surface area contributed by atoms with Crippen LogP contribution in [0.5, 0.6) is 0 Å². The molecule has 1 aromatic heterocycles. The second-order valence-electron chi connectivity index (χ2n) is 3.53. The maximum Gasteiger partial charge on any atom is 0.244 e. The quantitative estimate of drug-likeness (QED) is 0.617. The smallest absolute Gasteiger partial charge is 0.244 e. The molecular formula is C12H13ClN2OS. The molecule has 0 radical (unpaired) electrons. The molecule has 17 heavy (non-hydrogen) atoms. The highest BCUT2D eigenvalue weighted by molar-refractivity contribution is 7.99. The summed E-state index contributed by atoms with van der Waals surface area (Å²) in [6, 6.07) is 8.10. The SMILES string of the molecule is CCSc1ccc(-c2noc(C(C)Cl)n2)cc1. The minimum Gasteiger partial charge on any atom is -0.337 e. The van der Waals surface area contributed by atoms with Gasteiger partial charge in [0.15, 0.2) is 0 Å². The molecule has 0 amide bonds. The Hall–Kier alpha value is -1.00. The van der Waals surface area contributed by atoms with E-state index in [2.05, 4.69) is 29.2 Å². The monoisotopic (exact) mass is 268 g/mol. The summed E-state index contributed by atoms with van der Waals surface area (Å²) < 4.78 is 5.06. The van der Waals surface area contributed by atoms with Crippen LogP contribution in [0.4, 0.5) is 0 Å². The van der Waals surface area contributed by atoms with Crippen LogP contribution in [-0.4, -0.2) is 15.9 Å². The van der Waals surface area contributed by atoms with Crippen LogP contribution in [0.1, 0.15) is 25.1 Å². The lowest BCUT2D eigenvalue weighted by molar-refractivity contribution is 0.379. The summed E-state index contributed by atoms with van der Waals surface area (Å²) in [4.78, 5) is 5.48. The van der Waals surface area contributed by atoms with Gasteiger partial charge < -0.3 is 4.52 Å². The third kappa shape index (κ3) is 3.01. The van der Waals surface area contributed by atoms with Crippen molar-refractivity contribution < 1.29 is 4.52 Å². The summed E-state index contributed by atoms with van der Waals surface area (Å²) in [5, 5.41) is 3.65. The first-order valence-electron chi connectivity index (χ1n) is 5.41. The standard InChI is InChI=1S/C12H13ClN2OS/c1-3-17-10-6-4-9(5-7-10)11-14-12(8(2)13)16-15-11/h4-8H,3H2,1-2H3. The Morgan fingerprint density at radius 2 is 2.06 bits per heavy atom. The fourth-order valence-electron chi connectivity index (χ4n) is 1.38. The molecule has 90 valence electrons. The summed E-state index contributed by atoms with van der Waals surface area (Å²) >= 11 is 7.67. The predicted molar refractivity (Wildman–Crippen MR) is 70.4 cm³/mol. The zero-order valence-electron chi connectivity index (χ0n) is 9.68. The van der Waals surface area contributed by atoms with E-state index < -0.39 is 0 Å². The molecule has 0 aliphatic carbocycles. The highest BCUT2D eigenvalue weighted by atomic mass is 35.5. The molecule has 0 saturated carbocycles. The highest BCUT2D eigenvalue weighted by Crippen LogP contribution is 2.24. The number of benzene rings is 1. The van der Waals surface area contributed by atoms with Crippen LogP contribution < -0.4 is 0 Å². The van der Waals surface area contributed by atoms with E-state index in [1.165, 1.54) is 4.90 Å².